The maximum Gasteiger partial charge on any atom is 0.252 e. The highest BCUT2D eigenvalue weighted by molar-refractivity contribution is 7.00. The van der Waals surface area contributed by atoms with Crippen LogP contribution in [0.5, 0.6) is 0 Å². The fourth-order valence-corrected chi connectivity index (χ4v) is 13.6. The molecule has 2 unspecified atom stereocenters. The lowest BCUT2D eigenvalue weighted by atomic mass is 9.33. The van der Waals surface area contributed by atoms with Gasteiger partial charge in [0, 0.05) is 34.1 Å². The topological polar surface area (TPSA) is 6.48 Å². The van der Waals surface area contributed by atoms with Gasteiger partial charge in [-0.15, -0.1) is 0 Å². The summed E-state index contributed by atoms with van der Waals surface area (Å²) < 4.78 is 0. The largest absolute Gasteiger partial charge is 0.311 e. The third-order valence-electron chi connectivity index (χ3n) is 17.1. The SMILES string of the molecule is Cc1cc(C(C)(C)C)ccc1N1c2ccc(C(C)(C)C)cc2B2c3cc(-c4ccccc4)ccc3N(c3cc4c(cc3C)C(C)(C)CC4(C)C)c3cc(C4C(c5ccccc5)C4c4ccccc4)cc1c32. The van der Waals surface area contributed by atoms with Gasteiger partial charge in [-0.25, -0.2) is 0 Å². The second-order valence-electron chi connectivity index (χ2n) is 25.0. The molecule has 354 valence electrons. The Morgan fingerprint density at radius 3 is 1.41 bits per heavy atom. The molecule has 0 spiro atoms. The molecule has 0 aromatic heterocycles. The molecule has 2 aliphatic carbocycles. The highest BCUT2D eigenvalue weighted by Gasteiger charge is 2.54. The first-order valence-electron chi connectivity index (χ1n) is 26.3. The Labute approximate surface area is 424 Å². The molecular weight excluding hydrogens is 856 g/mol. The number of nitrogens with zero attached hydrogens (tertiary/aromatic N) is 2. The molecule has 8 aromatic rings. The maximum absolute atomic E-state index is 2.71. The van der Waals surface area contributed by atoms with Crippen LogP contribution in [-0.4, -0.2) is 6.71 Å². The summed E-state index contributed by atoms with van der Waals surface area (Å²) in [6, 6.07) is 66.2. The van der Waals surface area contributed by atoms with E-state index in [1.807, 2.05) is 0 Å². The van der Waals surface area contributed by atoms with Crippen molar-refractivity contribution in [2.24, 2.45) is 0 Å². The van der Waals surface area contributed by atoms with Crippen molar-refractivity contribution in [1.82, 2.24) is 0 Å². The Morgan fingerprint density at radius 2 is 0.859 bits per heavy atom. The van der Waals surface area contributed by atoms with Crippen LogP contribution in [0.15, 0.2) is 170 Å². The van der Waals surface area contributed by atoms with E-state index in [2.05, 4.69) is 263 Å². The van der Waals surface area contributed by atoms with Crippen molar-refractivity contribution < 1.29 is 0 Å². The predicted molar refractivity (Wildman–Crippen MR) is 305 cm³/mol. The normalized spacial score (nSPS) is 19.2. The van der Waals surface area contributed by atoms with E-state index in [1.165, 1.54) is 112 Å². The Hall–Kier alpha value is -6.58. The van der Waals surface area contributed by atoms with E-state index in [4.69, 9.17) is 0 Å². The third kappa shape index (κ3) is 7.35. The van der Waals surface area contributed by atoms with Gasteiger partial charge in [0.05, 0.1) is 0 Å². The van der Waals surface area contributed by atoms with Crippen molar-refractivity contribution in [2.45, 2.75) is 129 Å². The van der Waals surface area contributed by atoms with Crippen LogP contribution < -0.4 is 26.2 Å². The van der Waals surface area contributed by atoms with Crippen LogP contribution in [0.25, 0.3) is 11.1 Å². The average Bonchev–Trinajstić information content (AvgIpc) is 4.06. The van der Waals surface area contributed by atoms with E-state index in [-0.39, 0.29) is 28.4 Å². The minimum absolute atomic E-state index is 0.00850. The van der Waals surface area contributed by atoms with E-state index in [0.29, 0.717) is 17.8 Å². The molecule has 0 bridgehead atoms. The monoisotopic (exact) mass is 925 g/mol. The van der Waals surface area contributed by atoms with Crippen molar-refractivity contribution in [3.8, 4) is 11.1 Å². The van der Waals surface area contributed by atoms with Gasteiger partial charge in [0.2, 0.25) is 0 Å². The molecule has 8 aromatic carbocycles. The van der Waals surface area contributed by atoms with Gasteiger partial charge in [-0.3, -0.25) is 0 Å². The maximum atomic E-state index is 2.71. The van der Waals surface area contributed by atoms with Crippen LogP contribution in [0.1, 0.15) is 143 Å². The van der Waals surface area contributed by atoms with Crippen molar-refractivity contribution >= 4 is 57.2 Å². The fourth-order valence-electron chi connectivity index (χ4n) is 13.6. The molecular formula is C68H69BN2. The van der Waals surface area contributed by atoms with Crippen LogP contribution >= 0.6 is 0 Å². The second kappa shape index (κ2) is 16.0. The Bertz CT molecular complexity index is 3360. The molecule has 71 heavy (non-hydrogen) atoms. The summed E-state index contributed by atoms with van der Waals surface area (Å²) in [5.74, 6) is 1.00. The molecule has 2 aliphatic heterocycles. The first-order valence-corrected chi connectivity index (χ1v) is 26.3. The lowest BCUT2D eigenvalue weighted by Gasteiger charge is -2.45. The van der Waals surface area contributed by atoms with E-state index in [9.17, 15) is 0 Å². The number of benzene rings is 8. The highest BCUT2D eigenvalue weighted by atomic mass is 15.2. The van der Waals surface area contributed by atoms with E-state index in [1.54, 1.807) is 0 Å². The fraction of sp³-hybridized carbons (Fsp3) is 0.294. The summed E-state index contributed by atoms with van der Waals surface area (Å²) >= 11 is 0. The first-order chi connectivity index (χ1) is 33.8. The van der Waals surface area contributed by atoms with Crippen molar-refractivity contribution in [1.29, 1.82) is 0 Å². The molecule has 1 fully saturated rings. The third-order valence-corrected chi connectivity index (χ3v) is 17.1. The standard InChI is InChI=1S/C68H69BN2/c1-42-34-49(65(3,4)5)29-32-55(42)70-57-33-30-50(66(6,7)8)39-54(57)69-53-36-47(44-22-16-13-17-23-44)28-31-56(53)71(58-40-52-51(35-43(58)2)67(9,10)41-68(52,11)12)60-38-48(37-59(70)64(60)69)63-61(45-24-18-14-19-25-45)62(63)46-26-20-15-21-27-46/h13-40,61-63H,41H2,1-12H3. The summed E-state index contributed by atoms with van der Waals surface area (Å²) in [5, 5.41) is 0. The quantitative estimate of drug-likeness (QED) is 0.153. The van der Waals surface area contributed by atoms with Crippen LogP contribution in [0.3, 0.4) is 0 Å². The van der Waals surface area contributed by atoms with Gasteiger partial charge in [0.25, 0.3) is 6.71 Å². The van der Waals surface area contributed by atoms with Gasteiger partial charge in [0.15, 0.2) is 0 Å². The summed E-state index contributed by atoms with van der Waals surface area (Å²) in [6.45, 7) is 28.6. The number of hydrogen-bond donors (Lipinski definition) is 0. The molecule has 3 heteroatoms. The van der Waals surface area contributed by atoms with Gasteiger partial charge in [-0.05, 0) is 174 Å². The molecule has 2 heterocycles. The zero-order chi connectivity index (χ0) is 49.5. The zero-order valence-electron chi connectivity index (χ0n) is 44.1. The Morgan fingerprint density at radius 1 is 0.408 bits per heavy atom. The summed E-state index contributed by atoms with van der Waals surface area (Å²) in [4.78, 5) is 5.38. The molecule has 2 atom stereocenters. The van der Waals surface area contributed by atoms with Crippen LogP contribution in [0, 0.1) is 13.8 Å². The van der Waals surface area contributed by atoms with Crippen LogP contribution in [-0.2, 0) is 21.7 Å². The number of anilines is 6. The molecule has 4 aliphatic rings. The second-order valence-corrected chi connectivity index (χ2v) is 25.0. The van der Waals surface area contributed by atoms with Gasteiger partial charge < -0.3 is 9.80 Å². The van der Waals surface area contributed by atoms with Crippen molar-refractivity contribution in [3.63, 3.8) is 0 Å². The number of hydrogen-bond acceptors (Lipinski definition) is 2. The molecule has 12 rings (SSSR count). The minimum Gasteiger partial charge on any atom is -0.311 e. The van der Waals surface area contributed by atoms with Crippen molar-refractivity contribution in [2.75, 3.05) is 9.80 Å². The summed E-state index contributed by atoms with van der Waals surface area (Å²) in [6.07, 6.45) is 1.13. The highest BCUT2D eigenvalue weighted by Crippen LogP contribution is 2.67. The molecule has 0 amide bonds. The first kappa shape index (κ1) is 45.6. The predicted octanol–water partition coefficient (Wildman–Crippen LogP) is 16.3. The van der Waals surface area contributed by atoms with Gasteiger partial charge in [-0.1, -0.05) is 203 Å². The summed E-state index contributed by atoms with van der Waals surface area (Å²) in [7, 11) is 0. The Kier molecular flexibility index (Phi) is 10.2. The van der Waals surface area contributed by atoms with Crippen LogP contribution in [0.2, 0.25) is 0 Å². The number of aryl methyl sites for hydroxylation is 2. The summed E-state index contributed by atoms with van der Waals surface area (Å²) in [5.41, 5.74) is 26.9. The molecule has 0 saturated heterocycles. The van der Waals surface area contributed by atoms with Gasteiger partial charge >= 0.3 is 0 Å². The average molecular weight is 925 g/mol. The van der Waals surface area contributed by atoms with E-state index >= 15 is 0 Å². The zero-order valence-corrected chi connectivity index (χ0v) is 44.1. The minimum atomic E-state index is -0.0422. The smallest absolute Gasteiger partial charge is 0.252 e. The van der Waals surface area contributed by atoms with Gasteiger partial charge in [-0.2, -0.15) is 0 Å². The molecule has 2 nitrogen and oxygen atoms in total. The lowest BCUT2D eigenvalue weighted by molar-refractivity contribution is 0.403. The molecule has 0 radical (unpaired) electrons. The lowest BCUT2D eigenvalue weighted by Crippen LogP contribution is -2.61. The number of fused-ring (bicyclic) bond motifs is 5. The van der Waals surface area contributed by atoms with E-state index < -0.39 is 0 Å². The van der Waals surface area contributed by atoms with Crippen LogP contribution in [0.4, 0.5) is 34.1 Å². The van der Waals surface area contributed by atoms with Crippen molar-refractivity contribution in [3.05, 3.63) is 220 Å². The van der Waals surface area contributed by atoms with E-state index in [0.717, 1.165) is 6.42 Å². The molecule has 0 N–H and O–H groups in total. The Balaban J connectivity index is 1.21. The number of rotatable bonds is 6. The molecule has 1 saturated carbocycles. The van der Waals surface area contributed by atoms with Gasteiger partial charge in [0.1, 0.15) is 0 Å².